The van der Waals surface area contributed by atoms with E-state index in [2.05, 4.69) is 6.08 Å². The van der Waals surface area contributed by atoms with Crippen molar-refractivity contribution >= 4 is 5.78 Å². The predicted molar refractivity (Wildman–Crippen MR) is 41.2 cm³/mol. The van der Waals surface area contributed by atoms with Crippen LogP contribution in [-0.2, 0) is 9.53 Å². The zero-order valence-electron chi connectivity index (χ0n) is 6.67. The van der Waals surface area contributed by atoms with Gasteiger partial charge in [-0.3, -0.25) is 4.79 Å². The lowest BCUT2D eigenvalue weighted by Gasteiger charge is -2.38. The molecule has 0 saturated heterocycles. The molecular formula is C9H12O2. The SMILES string of the molecule is CO[C@]12C=C[C@H](CC1)CC2=O. The fourth-order valence-electron chi connectivity index (χ4n) is 1.97. The first kappa shape index (κ1) is 7.04. The summed E-state index contributed by atoms with van der Waals surface area (Å²) in [6.45, 7) is 0. The Bertz CT molecular complexity index is 220. The molecule has 2 nitrogen and oxygen atoms in total. The Balaban J connectivity index is 2.36. The molecular weight excluding hydrogens is 140 g/mol. The lowest BCUT2D eigenvalue weighted by atomic mass is 9.72. The Hall–Kier alpha value is -0.630. The van der Waals surface area contributed by atoms with Crippen molar-refractivity contribution < 1.29 is 9.53 Å². The molecule has 1 fully saturated rings. The van der Waals surface area contributed by atoms with E-state index in [9.17, 15) is 4.79 Å². The van der Waals surface area contributed by atoms with Crippen molar-refractivity contribution in [3.63, 3.8) is 0 Å². The maximum Gasteiger partial charge on any atom is 0.169 e. The van der Waals surface area contributed by atoms with E-state index in [0.29, 0.717) is 12.3 Å². The van der Waals surface area contributed by atoms with Gasteiger partial charge in [0.2, 0.25) is 0 Å². The number of methoxy groups -OCH3 is 1. The van der Waals surface area contributed by atoms with Crippen molar-refractivity contribution in [2.24, 2.45) is 5.92 Å². The van der Waals surface area contributed by atoms with Gasteiger partial charge in [-0.15, -0.1) is 0 Å². The van der Waals surface area contributed by atoms with Gasteiger partial charge in [0.15, 0.2) is 5.78 Å². The summed E-state index contributed by atoms with van der Waals surface area (Å²) in [7, 11) is 1.62. The number of carbonyl (C=O) groups excluding carboxylic acids is 1. The van der Waals surface area contributed by atoms with Crippen LogP contribution in [0.25, 0.3) is 0 Å². The zero-order valence-corrected chi connectivity index (χ0v) is 6.67. The summed E-state index contributed by atoms with van der Waals surface area (Å²) in [6.07, 6.45) is 6.73. The van der Waals surface area contributed by atoms with E-state index in [-0.39, 0.29) is 5.78 Å². The van der Waals surface area contributed by atoms with Gasteiger partial charge in [-0.25, -0.2) is 0 Å². The summed E-state index contributed by atoms with van der Waals surface area (Å²) >= 11 is 0. The largest absolute Gasteiger partial charge is 0.366 e. The normalized spacial score (nSPS) is 41.5. The first-order chi connectivity index (χ1) is 5.27. The van der Waals surface area contributed by atoms with Gasteiger partial charge in [-0.1, -0.05) is 6.08 Å². The summed E-state index contributed by atoms with van der Waals surface area (Å²) in [5.74, 6) is 0.762. The Morgan fingerprint density at radius 2 is 2.55 bits per heavy atom. The molecule has 0 radical (unpaired) electrons. The summed E-state index contributed by atoms with van der Waals surface area (Å²) in [6, 6.07) is 0. The van der Waals surface area contributed by atoms with Crippen molar-refractivity contribution in [3.05, 3.63) is 12.2 Å². The van der Waals surface area contributed by atoms with E-state index in [4.69, 9.17) is 4.74 Å². The third-order valence-corrected chi connectivity index (χ3v) is 2.81. The third-order valence-electron chi connectivity index (χ3n) is 2.81. The number of hydrogen-bond donors (Lipinski definition) is 0. The fraction of sp³-hybridized carbons (Fsp3) is 0.667. The molecule has 2 heteroatoms. The Kier molecular flexibility index (Phi) is 1.39. The van der Waals surface area contributed by atoms with Crippen LogP contribution in [0.4, 0.5) is 0 Å². The monoisotopic (exact) mass is 152 g/mol. The predicted octanol–water partition coefficient (Wildman–Crippen LogP) is 1.31. The molecule has 0 aromatic heterocycles. The smallest absolute Gasteiger partial charge is 0.169 e. The van der Waals surface area contributed by atoms with Crippen LogP contribution in [-0.4, -0.2) is 18.5 Å². The lowest BCUT2D eigenvalue weighted by Crippen LogP contribution is -2.46. The summed E-state index contributed by atoms with van der Waals surface area (Å²) < 4.78 is 5.24. The van der Waals surface area contributed by atoms with Gasteiger partial charge in [-0.2, -0.15) is 0 Å². The van der Waals surface area contributed by atoms with E-state index in [0.717, 1.165) is 12.8 Å². The number of hydrogen-bond acceptors (Lipinski definition) is 2. The summed E-state index contributed by atoms with van der Waals surface area (Å²) in [4.78, 5) is 11.4. The van der Waals surface area contributed by atoms with Crippen LogP contribution >= 0.6 is 0 Å². The number of rotatable bonds is 1. The van der Waals surface area contributed by atoms with Gasteiger partial charge in [0.25, 0.3) is 0 Å². The minimum atomic E-state index is -0.533. The van der Waals surface area contributed by atoms with Crippen molar-refractivity contribution in [2.45, 2.75) is 24.9 Å². The molecule has 0 aromatic rings. The maximum atomic E-state index is 11.4. The number of fused-ring (bicyclic) bond motifs is 2. The lowest BCUT2D eigenvalue weighted by molar-refractivity contribution is -0.141. The minimum absolute atomic E-state index is 0.263. The van der Waals surface area contributed by atoms with Crippen molar-refractivity contribution in [3.8, 4) is 0 Å². The highest BCUT2D eigenvalue weighted by Gasteiger charge is 2.43. The quantitative estimate of drug-likeness (QED) is 0.529. The molecule has 0 heterocycles. The van der Waals surface area contributed by atoms with Gasteiger partial charge < -0.3 is 4.74 Å². The number of ketones is 1. The Morgan fingerprint density at radius 1 is 1.73 bits per heavy atom. The van der Waals surface area contributed by atoms with Crippen LogP contribution in [0.2, 0.25) is 0 Å². The highest BCUT2D eigenvalue weighted by molar-refractivity contribution is 5.91. The molecule has 0 aliphatic heterocycles. The van der Waals surface area contributed by atoms with Gasteiger partial charge in [0.05, 0.1) is 0 Å². The van der Waals surface area contributed by atoms with Crippen LogP contribution < -0.4 is 0 Å². The van der Waals surface area contributed by atoms with Crippen LogP contribution in [0.15, 0.2) is 12.2 Å². The van der Waals surface area contributed by atoms with Crippen LogP contribution in [0, 0.1) is 5.92 Å². The summed E-state index contributed by atoms with van der Waals surface area (Å²) in [5, 5.41) is 0. The molecule has 0 N–H and O–H groups in total. The highest BCUT2D eigenvalue weighted by Crippen LogP contribution is 2.38. The molecule has 0 unspecified atom stereocenters. The second-order valence-electron chi connectivity index (χ2n) is 3.38. The number of allylic oxidation sites excluding steroid dienone is 1. The fourth-order valence-corrected chi connectivity index (χ4v) is 1.97. The number of carbonyl (C=O) groups is 1. The van der Waals surface area contributed by atoms with E-state index in [1.807, 2.05) is 6.08 Å². The average molecular weight is 152 g/mol. The number of Topliss-reactive ketones (excluding diaryl/α,β-unsaturated/α-hetero) is 1. The highest BCUT2D eigenvalue weighted by atomic mass is 16.5. The molecule has 3 aliphatic rings. The standard InChI is InChI=1S/C9H12O2/c1-11-9-4-2-7(3-5-9)6-8(9)10/h2,4,7H,3,5-6H2,1H3/t7-,9-/m1/s1. The maximum absolute atomic E-state index is 11.4. The van der Waals surface area contributed by atoms with Gasteiger partial charge >= 0.3 is 0 Å². The van der Waals surface area contributed by atoms with E-state index >= 15 is 0 Å². The molecule has 3 rings (SSSR count). The van der Waals surface area contributed by atoms with Gasteiger partial charge in [-0.05, 0) is 24.8 Å². The van der Waals surface area contributed by atoms with Crippen LogP contribution in [0.3, 0.4) is 0 Å². The molecule has 0 amide bonds. The van der Waals surface area contributed by atoms with E-state index in [1.165, 1.54) is 0 Å². The topological polar surface area (TPSA) is 26.3 Å². The molecule has 0 spiro atoms. The molecule has 0 aromatic carbocycles. The van der Waals surface area contributed by atoms with E-state index < -0.39 is 5.60 Å². The first-order valence-corrected chi connectivity index (χ1v) is 4.05. The molecule has 60 valence electrons. The second-order valence-corrected chi connectivity index (χ2v) is 3.38. The molecule has 11 heavy (non-hydrogen) atoms. The first-order valence-electron chi connectivity index (χ1n) is 4.05. The Labute approximate surface area is 66.2 Å². The van der Waals surface area contributed by atoms with Crippen LogP contribution in [0.5, 0.6) is 0 Å². The second kappa shape index (κ2) is 2.18. The van der Waals surface area contributed by atoms with Crippen molar-refractivity contribution in [2.75, 3.05) is 7.11 Å². The van der Waals surface area contributed by atoms with Gasteiger partial charge in [0, 0.05) is 13.5 Å². The van der Waals surface area contributed by atoms with Crippen molar-refractivity contribution in [1.82, 2.24) is 0 Å². The van der Waals surface area contributed by atoms with Crippen LogP contribution in [0.1, 0.15) is 19.3 Å². The summed E-state index contributed by atoms with van der Waals surface area (Å²) in [5.41, 5.74) is -0.533. The molecule has 3 aliphatic carbocycles. The molecule has 1 saturated carbocycles. The number of ether oxygens (including phenoxy) is 1. The third kappa shape index (κ3) is 0.857. The zero-order chi connectivity index (χ0) is 7.90. The Morgan fingerprint density at radius 3 is 2.91 bits per heavy atom. The molecule has 2 bridgehead atoms. The van der Waals surface area contributed by atoms with Crippen molar-refractivity contribution in [1.29, 1.82) is 0 Å². The average Bonchev–Trinajstić information content (AvgIpc) is 2.07. The van der Waals surface area contributed by atoms with E-state index in [1.54, 1.807) is 7.11 Å². The van der Waals surface area contributed by atoms with Gasteiger partial charge in [0.1, 0.15) is 5.60 Å². The molecule has 2 atom stereocenters. The minimum Gasteiger partial charge on any atom is -0.366 e.